The quantitative estimate of drug-likeness (QED) is 0.218. The third-order valence-corrected chi connectivity index (χ3v) is 5.08. The molecule has 1 aromatic rings. The highest BCUT2D eigenvalue weighted by atomic mass is 28.3. The van der Waals surface area contributed by atoms with Crippen molar-refractivity contribution in [2.24, 2.45) is 0 Å². The molecular formula is C23H38OSi. The maximum atomic E-state index is 5.84. The minimum Gasteiger partial charge on any atom is -0.494 e. The number of benzene rings is 1. The molecule has 0 N–H and O–H groups in total. The summed E-state index contributed by atoms with van der Waals surface area (Å²) in [6, 6.07) is 8.23. The predicted octanol–water partition coefficient (Wildman–Crippen LogP) is 7.22. The van der Waals surface area contributed by atoms with Gasteiger partial charge >= 0.3 is 0 Å². The zero-order valence-corrected chi connectivity index (χ0v) is 18.0. The molecule has 2 heteroatoms. The Morgan fingerprint density at radius 1 is 0.760 bits per heavy atom. The number of hydrogen-bond donors (Lipinski definition) is 0. The van der Waals surface area contributed by atoms with E-state index in [1.807, 2.05) is 12.1 Å². The Hall–Kier alpha value is -1.20. The first-order chi connectivity index (χ1) is 12.0. The SMILES string of the molecule is CCCCCCCCCCCCOc1ccc(C#C[Si](C)(C)C)cc1. The largest absolute Gasteiger partial charge is 0.494 e. The number of unbranched alkanes of at least 4 members (excludes halogenated alkanes) is 9. The van der Waals surface area contributed by atoms with E-state index >= 15 is 0 Å². The second-order valence-electron chi connectivity index (χ2n) is 8.05. The minimum atomic E-state index is -1.29. The number of ether oxygens (including phenoxy) is 1. The van der Waals surface area contributed by atoms with Crippen LogP contribution in [0.4, 0.5) is 0 Å². The third-order valence-electron chi connectivity index (χ3n) is 4.20. The minimum absolute atomic E-state index is 0.830. The van der Waals surface area contributed by atoms with Gasteiger partial charge in [-0.05, 0) is 30.7 Å². The van der Waals surface area contributed by atoms with E-state index in [0.717, 1.165) is 24.3 Å². The van der Waals surface area contributed by atoms with E-state index in [4.69, 9.17) is 4.74 Å². The molecule has 1 rings (SSSR count). The summed E-state index contributed by atoms with van der Waals surface area (Å²) in [5.74, 6) is 4.25. The molecule has 0 aliphatic heterocycles. The summed E-state index contributed by atoms with van der Waals surface area (Å²) >= 11 is 0. The molecule has 0 aliphatic carbocycles. The summed E-state index contributed by atoms with van der Waals surface area (Å²) in [4.78, 5) is 0. The van der Waals surface area contributed by atoms with Crippen LogP contribution in [0.2, 0.25) is 19.6 Å². The molecule has 0 unspecified atom stereocenters. The molecule has 0 bridgehead atoms. The molecule has 1 aromatic carbocycles. The van der Waals surface area contributed by atoms with Gasteiger partial charge in [0.05, 0.1) is 6.61 Å². The third kappa shape index (κ3) is 12.8. The zero-order chi connectivity index (χ0) is 18.4. The van der Waals surface area contributed by atoms with Gasteiger partial charge < -0.3 is 4.74 Å². The Morgan fingerprint density at radius 3 is 1.80 bits per heavy atom. The van der Waals surface area contributed by atoms with Gasteiger partial charge in [0.2, 0.25) is 0 Å². The van der Waals surface area contributed by atoms with E-state index in [-0.39, 0.29) is 0 Å². The topological polar surface area (TPSA) is 9.23 Å². The van der Waals surface area contributed by atoms with Crippen LogP contribution < -0.4 is 4.74 Å². The van der Waals surface area contributed by atoms with E-state index in [1.165, 1.54) is 57.8 Å². The first-order valence-electron chi connectivity index (χ1n) is 10.3. The molecule has 0 spiro atoms. The van der Waals surface area contributed by atoms with E-state index < -0.39 is 8.07 Å². The molecule has 0 heterocycles. The Balaban J connectivity index is 2.06. The van der Waals surface area contributed by atoms with Gasteiger partial charge in [-0.25, -0.2) is 0 Å². The second kappa shape index (κ2) is 13.1. The fourth-order valence-corrected chi connectivity index (χ4v) is 3.19. The van der Waals surface area contributed by atoms with E-state index in [2.05, 4.69) is 50.2 Å². The summed E-state index contributed by atoms with van der Waals surface area (Å²) < 4.78 is 5.84. The van der Waals surface area contributed by atoms with Crippen LogP contribution in [0.25, 0.3) is 0 Å². The van der Waals surface area contributed by atoms with Crippen molar-refractivity contribution in [1.82, 2.24) is 0 Å². The lowest BCUT2D eigenvalue weighted by molar-refractivity contribution is 0.304. The fourth-order valence-electron chi connectivity index (χ4n) is 2.67. The molecule has 0 radical (unpaired) electrons. The van der Waals surface area contributed by atoms with Crippen molar-refractivity contribution in [3.63, 3.8) is 0 Å². The van der Waals surface area contributed by atoms with Crippen molar-refractivity contribution in [2.45, 2.75) is 90.8 Å². The van der Waals surface area contributed by atoms with Gasteiger partial charge in [0.1, 0.15) is 13.8 Å². The summed E-state index contributed by atoms with van der Waals surface area (Å²) in [6.45, 7) is 9.91. The van der Waals surface area contributed by atoms with Gasteiger partial charge in [-0.15, -0.1) is 5.54 Å². The molecule has 0 amide bonds. The summed E-state index contributed by atoms with van der Waals surface area (Å²) in [7, 11) is -1.29. The van der Waals surface area contributed by atoms with Gasteiger partial charge in [0.15, 0.2) is 0 Å². The van der Waals surface area contributed by atoms with Crippen LogP contribution in [0.3, 0.4) is 0 Å². The molecule has 0 fully saturated rings. The average molecular weight is 359 g/mol. The van der Waals surface area contributed by atoms with E-state index in [0.29, 0.717) is 0 Å². The summed E-state index contributed by atoms with van der Waals surface area (Å²) in [6.07, 6.45) is 13.6. The van der Waals surface area contributed by atoms with E-state index in [1.54, 1.807) is 0 Å². The van der Waals surface area contributed by atoms with Gasteiger partial charge in [-0.1, -0.05) is 90.3 Å². The highest BCUT2D eigenvalue weighted by Crippen LogP contribution is 2.14. The normalized spacial score (nSPS) is 11.0. The van der Waals surface area contributed by atoms with Crippen LogP contribution in [0.1, 0.15) is 76.7 Å². The zero-order valence-electron chi connectivity index (χ0n) is 17.0. The first kappa shape index (κ1) is 21.8. The van der Waals surface area contributed by atoms with Gasteiger partial charge in [-0.3, -0.25) is 0 Å². The molecule has 0 saturated carbocycles. The van der Waals surface area contributed by atoms with Crippen molar-refractivity contribution >= 4 is 8.07 Å². The summed E-state index contributed by atoms with van der Waals surface area (Å²) in [5, 5.41) is 0. The number of hydrogen-bond acceptors (Lipinski definition) is 1. The monoisotopic (exact) mass is 358 g/mol. The van der Waals surface area contributed by atoms with Gasteiger partial charge in [0.25, 0.3) is 0 Å². The second-order valence-corrected chi connectivity index (χ2v) is 12.8. The predicted molar refractivity (Wildman–Crippen MR) is 114 cm³/mol. The van der Waals surface area contributed by atoms with Crippen molar-refractivity contribution in [2.75, 3.05) is 6.61 Å². The van der Waals surface area contributed by atoms with Crippen LogP contribution in [-0.4, -0.2) is 14.7 Å². The molecule has 25 heavy (non-hydrogen) atoms. The maximum Gasteiger partial charge on any atom is 0.129 e. The highest BCUT2D eigenvalue weighted by molar-refractivity contribution is 6.83. The van der Waals surface area contributed by atoms with Gasteiger partial charge in [0, 0.05) is 5.56 Å². The Labute approximate surface area is 157 Å². The fraction of sp³-hybridized carbons (Fsp3) is 0.652. The molecule has 0 aliphatic rings. The molecule has 0 aromatic heterocycles. The van der Waals surface area contributed by atoms with Crippen LogP contribution >= 0.6 is 0 Å². The molecular weight excluding hydrogens is 320 g/mol. The maximum absolute atomic E-state index is 5.84. The number of rotatable bonds is 12. The highest BCUT2D eigenvalue weighted by Gasteiger charge is 2.07. The van der Waals surface area contributed by atoms with Gasteiger partial charge in [-0.2, -0.15) is 0 Å². The Kier molecular flexibility index (Phi) is 11.4. The lowest BCUT2D eigenvalue weighted by Crippen LogP contribution is -2.16. The van der Waals surface area contributed by atoms with Crippen LogP contribution in [0.5, 0.6) is 5.75 Å². The van der Waals surface area contributed by atoms with Crippen molar-refractivity contribution in [1.29, 1.82) is 0 Å². The lowest BCUT2D eigenvalue weighted by atomic mass is 10.1. The van der Waals surface area contributed by atoms with Crippen LogP contribution in [0.15, 0.2) is 24.3 Å². The van der Waals surface area contributed by atoms with Crippen LogP contribution in [-0.2, 0) is 0 Å². The first-order valence-corrected chi connectivity index (χ1v) is 13.8. The van der Waals surface area contributed by atoms with Crippen LogP contribution in [0, 0.1) is 11.5 Å². The van der Waals surface area contributed by atoms with Crippen molar-refractivity contribution in [3.05, 3.63) is 29.8 Å². The Bertz CT molecular complexity index is 502. The Morgan fingerprint density at radius 2 is 1.28 bits per heavy atom. The van der Waals surface area contributed by atoms with E-state index in [9.17, 15) is 0 Å². The van der Waals surface area contributed by atoms with Crippen molar-refractivity contribution < 1.29 is 4.74 Å². The van der Waals surface area contributed by atoms with Crippen molar-refractivity contribution in [3.8, 4) is 17.2 Å². The molecule has 0 atom stereocenters. The lowest BCUT2D eigenvalue weighted by Gasteiger charge is -2.07. The smallest absolute Gasteiger partial charge is 0.129 e. The molecule has 140 valence electrons. The standard InChI is InChI=1S/C23H38OSi/c1-5-6-7-8-9-10-11-12-13-14-20-24-23-17-15-22(16-18-23)19-21-25(2,3)4/h15-18H,5-14,20H2,1-4H3. The molecule has 1 nitrogen and oxygen atoms in total. The molecule has 0 saturated heterocycles. The summed E-state index contributed by atoms with van der Waals surface area (Å²) in [5.41, 5.74) is 4.49. The average Bonchev–Trinajstić information content (AvgIpc) is 2.58.